The van der Waals surface area contributed by atoms with Crippen molar-refractivity contribution in [3.63, 3.8) is 0 Å². The Morgan fingerprint density at radius 2 is 1.20 bits per heavy atom. The molecule has 0 radical (unpaired) electrons. The quantitative estimate of drug-likeness (QED) is 0.599. The van der Waals surface area contributed by atoms with E-state index < -0.39 is 0 Å². The van der Waals surface area contributed by atoms with E-state index in [-0.39, 0.29) is 11.6 Å². The van der Waals surface area contributed by atoms with Crippen molar-refractivity contribution in [2.24, 2.45) is 0 Å². The van der Waals surface area contributed by atoms with Gasteiger partial charge in [0.25, 0.3) is 0 Å². The fraction of sp³-hybridized carbons (Fsp3) is 0.0769. The second-order valence-corrected chi connectivity index (χ2v) is 6.85. The highest BCUT2D eigenvalue weighted by Crippen LogP contribution is 2.30. The second kappa shape index (κ2) is 8.21. The predicted molar refractivity (Wildman–Crippen MR) is 116 cm³/mol. The number of allylic oxidation sites excluding steroid dienone is 3. The number of carbonyl (C=O) groups excluding carboxylic acids is 2. The number of carbonyl (C=O) groups is 2. The van der Waals surface area contributed by atoms with E-state index >= 15 is 0 Å². The van der Waals surface area contributed by atoms with Gasteiger partial charge in [0.15, 0.2) is 11.6 Å². The Bertz CT molecular complexity index is 1120. The zero-order valence-electron chi connectivity index (χ0n) is 16.7. The molecule has 0 bridgehead atoms. The second-order valence-electron chi connectivity index (χ2n) is 6.85. The zero-order valence-corrected chi connectivity index (χ0v) is 16.7. The summed E-state index contributed by atoms with van der Waals surface area (Å²) < 4.78 is 10.5. The molecule has 148 valence electrons. The lowest BCUT2D eigenvalue weighted by atomic mass is 9.87. The molecule has 0 saturated heterocycles. The molecule has 3 aromatic carbocycles. The van der Waals surface area contributed by atoms with Crippen LogP contribution < -0.4 is 9.47 Å². The van der Waals surface area contributed by atoms with E-state index in [1.807, 2.05) is 48.5 Å². The Morgan fingerprint density at radius 1 is 0.700 bits per heavy atom. The Hall–Kier alpha value is -3.92. The Kier molecular flexibility index (Phi) is 5.31. The Balaban J connectivity index is 1.83. The van der Waals surface area contributed by atoms with Crippen LogP contribution >= 0.6 is 0 Å². The molecule has 3 aromatic rings. The van der Waals surface area contributed by atoms with Gasteiger partial charge in [-0.1, -0.05) is 48.5 Å². The van der Waals surface area contributed by atoms with Gasteiger partial charge < -0.3 is 9.47 Å². The molecular formula is C26H20O4. The SMILES string of the molecule is COc1ccc(C(=CC2=CC(=O)c3ccccc3C2=O)c2ccc(OC)cc2)cc1. The lowest BCUT2D eigenvalue weighted by molar-refractivity contribution is 0.0987. The van der Waals surface area contributed by atoms with E-state index in [0.29, 0.717) is 16.7 Å². The molecule has 1 aliphatic rings. The van der Waals surface area contributed by atoms with Crippen LogP contribution in [0.25, 0.3) is 5.57 Å². The van der Waals surface area contributed by atoms with Crippen LogP contribution in [0, 0.1) is 0 Å². The molecule has 4 rings (SSSR count). The van der Waals surface area contributed by atoms with Crippen molar-refractivity contribution in [2.45, 2.75) is 0 Å². The number of fused-ring (bicyclic) bond motifs is 1. The summed E-state index contributed by atoms with van der Waals surface area (Å²) in [5.41, 5.74) is 3.87. The molecule has 0 fully saturated rings. The third kappa shape index (κ3) is 3.67. The fourth-order valence-electron chi connectivity index (χ4n) is 3.47. The van der Waals surface area contributed by atoms with Gasteiger partial charge in [-0.05, 0) is 53.1 Å². The maximum atomic E-state index is 13.1. The molecular weight excluding hydrogens is 376 g/mol. The van der Waals surface area contributed by atoms with Gasteiger partial charge in [-0.15, -0.1) is 0 Å². The van der Waals surface area contributed by atoms with Gasteiger partial charge in [-0.2, -0.15) is 0 Å². The average Bonchev–Trinajstić information content (AvgIpc) is 2.81. The lowest BCUT2D eigenvalue weighted by Gasteiger charge is -2.15. The van der Waals surface area contributed by atoms with Crippen LogP contribution in [0.3, 0.4) is 0 Å². The minimum atomic E-state index is -0.166. The third-order valence-electron chi connectivity index (χ3n) is 5.09. The summed E-state index contributed by atoms with van der Waals surface area (Å²) in [7, 11) is 3.23. The highest BCUT2D eigenvalue weighted by atomic mass is 16.5. The zero-order chi connectivity index (χ0) is 21.1. The van der Waals surface area contributed by atoms with Gasteiger partial charge in [0.05, 0.1) is 14.2 Å². The van der Waals surface area contributed by atoms with E-state index in [0.717, 1.165) is 28.2 Å². The summed E-state index contributed by atoms with van der Waals surface area (Å²) in [6.07, 6.45) is 3.19. The smallest absolute Gasteiger partial charge is 0.193 e. The van der Waals surface area contributed by atoms with Crippen molar-refractivity contribution in [3.05, 3.63) is 113 Å². The van der Waals surface area contributed by atoms with Crippen molar-refractivity contribution in [1.82, 2.24) is 0 Å². The van der Waals surface area contributed by atoms with Crippen LogP contribution in [0.5, 0.6) is 11.5 Å². The van der Waals surface area contributed by atoms with Gasteiger partial charge in [0.2, 0.25) is 0 Å². The van der Waals surface area contributed by atoms with Gasteiger partial charge in [0, 0.05) is 16.7 Å². The van der Waals surface area contributed by atoms with Crippen molar-refractivity contribution in [3.8, 4) is 11.5 Å². The summed E-state index contributed by atoms with van der Waals surface area (Å²) in [6, 6.07) is 22.1. The molecule has 0 aliphatic heterocycles. The van der Waals surface area contributed by atoms with Gasteiger partial charge >= 0.3 is 0 Å². The fourth-order valence-corrected chi connectivity index (χ4v) is 3.47. The summed E-state index contributed by atoms with van der Waals surface area (Å²) in [5.74, 6) is 1.15. The Morgan fingerprint density at radius 3 is 1.70 bits per heavy atom. The van der Waals surface area contributed by atoms with Gasteiger partial charge in [0.1, 0.15) is 11.5 Å². The minimum Gasteiger partial charge on any atom is -0.497 e. The highest BCUT2D eigenvalue weighted by Gasteiger charge is 2.24. The molecule has 0 aromatic heterocycles. The average molecular weight is 396 g/mol. The molecule has 0 atom stereocenters. The largest absolute Gasteiger partial charge is 0.497 e. The van der Waals surface area contributed by atoms with Crippen LogP contribution in [0.15, 0.2) is 90.5 Å². The number of ketones is 2. The Labute approximate surface area is 175 Å². The van der Waals surface area contributed by atoms with Crippen LogP contribution in [-0.2, 0) is 0 Å². The van der Waals surface area contributed by atoms with Gasteiger partial charge in [-0.25, -0.2) is 0 Å². The van der Waals surface area contributed by atoms with Crippen LogP contribution in [0.4, 0.5) is 0 Å². The lowest BCUT2D eigenvalue weighted by Crippen LogP contribution is -2.16. The monoisotopic (exact) mass is 396 g/mol. The maximum Gasteiger partial charge on any atom is 0.193 e. The summed E-state index contributed by atoms with van der Waals surface area (Å²) in [6.45, 7) is 0. The molecule has 30 heavy (non-hydrogen) atoms. The third-order valence-corrected chi connectivity index (χ3v) is 5.09. The molecule has 4 nitrogen and oxygen atoms in total. The number of methoxy groups -OCH3 is 2. The molecule has 0 amide bonds. The summed E-state index contributed by atoms with van der Waals surface area (Å²) in [5, 5.41) is 0. The topological polar surface area (TPSA) is 52.6 Å². The highest BCUT2D eigenvalue weighted by molar-refractivity contribution is 6.26. The first-order valence-corrected chi connectivity index (χ1v) is 9.51. The van der Waals surface area contributed by atoms with E-state index in [2.05, 4.69) is 0 Å². The molecule has 4 heteroatoms. The van der Waals surface area contributed by atoms with Crippen LogP contribution in [0.1, 0.15) is 31.8 Å². The summed E-state index contributed by atoms with van der Waals surface area (Å²) in [4.78, 5) is 25.6. The molecule has 0 heterocycles. The molecule has 0 N–H and O–H groups in total. The van der Waals surface area contributed by atoms with Crippen LogP contribution in [0.2, 0.25) is 0 Å². The predicted octanol–water partition coefficient (Wildman–Crippen LogP) is 5.14. The number of hydrogen-bond acceptors (Lipinski definition) is 4. The first kappa shape index (κ1) is 19.4. The number of hydrogen-bond donors (Lipinski definition) is 0. The first-order valence-electron chi connectivity index (χ1n) is 9.51. The van der Waals surface area contributed by atoms with E-state index in [1.54, 1.807) is 44.6 Å². The number of ether oxygens (including phenoxy) is 2. The van der Waals surface area contributed by atoms with Crippen molar-refractivity contribution >= 4 is 17.1 Å². The normalized spacial score (nSPS) is 12.7. The summed E-state index contributed by atoms with van der Waals surface area (Å²) >= 11 is 0. The van der Waals surface area contributed by atoms with Gasteiger partial charge in [-0.3, -0.25) is 9.59 Å². The van der Waals surface area contributed by atoms with E-state index in [1.165, 1.54) is 6.08 Å². The molecule has 0 saturated carbocycles. The number of benzene rings is 3. The standard InChI is InChI=1S/C26H20O4/c1-29-20-11-7-17(8-12-20)24(18-9-13-21(30-2)14-10-18)15-19-16-25(27)22-5-3-4-6-23(22)26(19)28/h3-16H,1-2H3. The number of rotatable bonds is 5. The van der Waals surface area contributed by atoms with Crippen molar-refractivity contribution < 1.29 is 19.1 Å². The minimum absolute atomic E-state index is 0.162. The molecule has 0 spiro atoms. The molecule has 1 aliphatic carbocycles. The molecule has 0 unspecified atom stereocenters. The van der Waals surface area contributed by atoms with E-state index in [4.69, 9.17) is 9.47 Å². The van der Waals surface area contributed by atoms with Crippen molar-refractivity contribution in [1.29, 1.82) is 0 Å². The van der Waals surface area contributed by atoms with Crippen LogP contribution in [-0.4, -0.2) is 25.8 Å². The number of Topliss-reactive ketones (excluding diaryl/α,β-unsaturated/α-hetero) is 1. The maximum absolute atomic E-state index is 13.1. The first-order chi connectivity index (χ1) is 14.6. The van der Waals surface area contributed by atoms with E-state index in [9.17, 15) is 9.59 Å². The van der Waals surface area contributed by atoms with Crippen molar-refractivity contribution in [2.75, 3.05) is 14.2 Å².